The van der Waals surface area contributed by atoms with E-state index in [1.165, 1.54) is 25.7 Å². The SMILES string of the molecule is CC[C@H](C(=O)O)N1CCC(OCC2CCCC2)CC1. The highest BCUT2D eigenvalue weighted by Gasteiger charge is 2.29. The van der Waals surface area contributed by atoms with Gasteiger partial charge < -0.3 is 9.84 Å². The summed E-state index contributed by atoms with van der Waals surface area (Å²) in [5.41, 5.74) is 0. The third kappa shape index (κ3) is 4.18. The first kappa shape index (κ1) is 14.8. The van der Waals surface area contributed by atoms with E-state index in [9.17, 15) is 4.79 Å². The lowest BCUT2D eigenvalue weighted by Crippen LogP contribution is -2.46. The monoisotopic (exact) mass is 269 g/mol. The Morgan fingerprint density at radius 1 is 1.26 bits per heavy atom. The summed E-state index contributed by atoms with van der Waals surface area (Å²) in [6.07, 6.45) is 8.39. The summed E-state index contributed by atoms with van der Waals surface area (Å²) in [6.45, 7) is 4.59. The number of hydrogen-bond donors (Lipinski definition) is 1. The standard InChI is InChI=1S/C15H27NO3/c1-2-14(15(17)18)16-9-7-13(8-10-16)19-11-12-5-3-4-6-12/h12-14H,2-11H2,1H3,(H,17,18)/t14-/m1/s1. The summed E-state index contributed by atoms with van der Waals surface area (Å²) in [5, 5.41) is 9.17. The van der Waals surface area contributed by atoms with Crippen LogP contribution in [-0.2, 0) is 9.53 Å². The zero-order valence-corrected chi connectivity index (χ0v) is 12.0. The van der Waals surface area contributed by atoms with Crippen LogP contribution in [0.25, 0.3) is 0 Å². The molecule has 0 unspecified atom stereocenters. The fourth-order valence-electron chi connectivity index (χ4n) is 3.39. The third-order valence-corrected chi connectivity index (χ3v) is 4.63. The van der Waals surface area contributed by atoms with Crippen molar-refractivity contribution in [3.05, 3.63) is 0 Å². The Kier molecular flexibility index (Phi) is 5.64. The van der Waals surface area contributed by atoms with E-state index < -0.39 is 5.97 Å². The van der Waals surface area contributed by atoms with E-state index in [1.54, 1.807) is 0 Å². The van der Waals surface area contributed by atoms with Crippen molar-refractivity contribution in [1.29, 1.82) is 0 Å². The Labute approximate surface area is 116 Å². The van der Waals surface area contributed by atoms with E-state index in [1.807, 2.05) is 6.92 Å². The highest BCUT2D eigenvalue weighted by Crippen LogP contribution is 2.26. The van der Waals surface area contributed by atoms with Gasteiger partial charge in [-0.25, -0.2) is 0 Å². The molecule has 0 radical (unpaired) electrons. The second kappa shape index (κ2) is 7.25. The molecule has 0 aromatic rings. The molecule has 1 aliphatic heterocycles. The lowest BCUT2D eigenvalue weighted by molar-refractivity contribution is -0.144. The molecule has 0 aromatic carbocycles. The largest absolute Gasteiger partial charge is 0.480 e. The number of carboxylic acids is 1. The van der Waals surface area contributed by atoms with Crippen molar-refractivity contribution in [2.24, 2.45) is 5.92 Å². The molecule has 1 atom stereocenters. The molecule has 2 fully saturated rings. The van der Waals surface area contributed by atoms with Crippen LogP contribution in [0.5, 0.6) is 0 Å². The second-order valence-corrected chi connectivity index (χ2v) is 5.98. The number of rotatable bonds is 6. The molecule has 1 saturated heterocycles. The number of hydrogen-bond acceptors (Lipinski definition) is 3. The Balaban J connectivity index is 1.68. The fourth-order valence-corrected chi connectivity index (χ4v) is 3.39. The van der Waals surface area contributed by atoms with Crippen LogP contribution in [0.15, 0.2) is 0 Å². The van der Waals surface area contributed by atoms with Crippen LogP contribution < -0.4 is 0 Å². The zero-order chi connectivity index (χ0) is 13.7. The first-order chi connectivity index (χ1) is 9.20. The second-order valence-electron chi connectivity index (χ2n) is 5.98. The van der Waals surface area contributed by atoms with Crippen LogP contribution in [0.1, 0.15) is 51.9 Å². The average Bonchev–Trinajstić information content (AvgIpc) is 2.91. The van der Waals surface area contributed by atoms with Crippen molar-refractivity contribution in [2.75, 3.05) is 19.7 Å². The minimum Gasteiger partial charge on any atom is -0.480 e. The molecule has 4 nitrogen and oxygen atoms in total. The molecule has 0 bridgehead atoms. The van der Waals surface area contributed by atoms with Crippen LogP contribution in [0.3, 0.4) is 0 Å². The Morgan fingerprint density at radius 3 is 2.42 bits per heavy atom. The number of carboxylic acid groups (broad SMARTS) is 1. The smallest absolute Gasteiger partial charge is 0.320 e. The molecule has 19 heavy (non-hydrogen) atoms. The van der Waals surface area contributed by atoms with Crippen molar-refractivity contribution >= 4 is 5.97 Å². The van der Waals surface area contributed by atoms with Gasteiger partial charge >= 0.3 is 5.97 Å². The van der Waals surface area contributed by atoms with Gasteiger partial charge in [-0.1, -0.05) is 19.8 Å². The van der Waals surface area contributed by atoms with Crippen molar-refractivity contribution in [3.63, 3.8) is 0 Å². The molecule has 4 heteroatoms. The number of nitrogens with zero attached hydrogens (tertiary/aromatic N) is 1. The minimum atomic E-state index is -0.687. The molecule has 1 aliphatic carbocycles. The highest BCUT2D eigenvalue weighted by atomic mass is 16.5. The third-order valence-electron chi connectivity index (χ3n) is 4.63. The molecule has 1 heterocycles. The van der Waals surface area contributed by atoms with Gasteiger partial charge in [0.1, 0.15) is 6.04 Å². The number of likely N-dealkylation sites (tertiary alicyclic amines) is 1. The van der Waals surface area contributed by atoms with E-state index in [2.05, 4.69) is 4.90 Å². The topological polar surface area (TPSA) is 49.8 Å². The van der Waals surface area contributed by atoms with Gasteiger partial charge in [0.2, 0.25) is 0 Å². The summed E-state index contributed by atoms with van der Waals surface area (Å²) in [5.74, 6) is 0.0910. The number of piperidine rings is 1. The molecule has 2 rings (SSSR count). The summed E-state index contributed by atoms with van der Waals surface area (Å²) in [4.78, 5) is 13.2. The maximum atomic E-state index is 11.1. The first-order valence-corrected chi connectivity index (χ1v) is 7.79. The molecular weight excluding hydrogens is 242 g/mol. The summed E-state index contributed by atoms with van der Waals surface area (Å²) in [7, 11) is 0. The van der Waals surface area contributed by atoms with Crippen LogP contribution in [0.2, 0.25) is 0 Å². The van der Waals surface area contributed by atoms with Gasteiger partial charge in [0.15, 0.2) is 0 Å². The summed E-state index contributed by atoms with van der Waals surface area (Å²) in [6, 6.07) is -0.309. The van der Waals surface area contributed by atoms with E-state index in [-0.39, 0.29) is 6.04 Å². The molecule has 0 amide bonds. The van der Waals surface area contributed by atoms with Crippen LogP contribution in [0.4, 0.5) is 0 Å². The Bertz CT molecular complexity index is 281. The average molecular weight is 269 g/mol. The maximum Gasteiger partial charge on any atom is 0.320 e. The molecule has 1 saturated carbocycles. The highest BCUT2D eigenvalue weighted by molar-refractivity contribution is 5.73. The van der Waals surface area contributed by atoms with E-state index in [0.29, 0.717) is 12.5 Å². The normalized spacial score (nSPS) is 24.7. The number of ether oxygens (including phenoxy) is 1. The van der Waals surface area contributed by atoms with Gasteiger partial charge in [0.25, 0.3) is 0 Å². The number of carbonyl (C=O) groups is 1. The lowest BCUT2D eigenvalue weighted by Gasteiger charge is -2.35. The summed E-state index contributed by atoms with van der Waals surface area (Å²) < 4.78 is 6.01. The van der Waals surface area contributed by atoms with E-state index >= 15 is 0 Å². The van der Waals surface area contributed by atoms with Gasteiger partial charge in [0.05, 0.1) is 6.10 Å². The van der Waals surface area contributed by atoms with Crippen LogP contribution in [0, 0.1) is 5.92 Å². The first-order valence-electron chi connectivity index (χ1n) is 7.79. The fraction of sp³-hybridized carbons (Fsp3) is 0.933. The Morgan fingerprint density at radius 2 is 1.89 bits per heavy atom. The van der Waals surface area contributed by atoms with Gasteiger partial charge in [-0.3, -0.25) is 9.69 Å². The molecule has 2 aliphatic rings. The van der Waals surface area contributed by atoms with Gasteiger partial charge in [-0.05, 0) is 38.0 Å². The van der Waals surface area contributed by atoms with E-state index in [4.69, 9.17) is 9.84 Å². The predicted octanol–water partition coefficient (Wildman–Crippen LogP) is 2.52. The molecular formula is C15H27NO3. The van der Waals surface area contributed by atoms with Gasteiger partial charge in [-0.15, -0.1) is 0 Å². The van der Waals surface area contributed by atoms with Crippen molar-refractivity contribution in [3.8, 4) is 0 Å². The Hall–Kier alpha value is -0.610. The maximum absolute atomic E-state index is 11.1. The minimum absolute atomic E-state index is 0.309. The molecule has 0 spiro atoms. The van der Waals surface area contributed by atoms with Crippen LogP contribution in [-0.4, -0.2) is 47.8 Å². The molecule has 1 N–H and O–H groups in total. The predicted molar refractivity (Wildman–Crippen MR) is 74.2 cm³/mol. The molecule has 0 aromatic heterocycles. The zero-order valence-electron chi connectivity index (χ0n) is 12.0. The van der Waals surface area contributed by atoms with Crippen molar-refractivity contribution < 1.29 is 14.6 Å². The van der Waals surface area contributed by atoms with Gasteiger partial charge in [0, 0.05) is 19.7 Å². The van der Waals surface area contributed by atoms with Crippen molar-refractivity contribution in [2.45, 2.75) is 64.0 Å². The van der Waals surface area contributed by atoms with Gasteiger partial charge in [-0.2, -0.15) is 0 Å². The van der Waals surface area contributed by atoms with Crippen LogP contribution >= 0.6 is 0 Å². The summed E-state index contributed by atoms with van der Waals surface area (Å²) >= 11 is 0. The van der Waals surface area contributed by atoms with Crippen molar-refractivity contribution in [1.82, 2.24) is 4.90 Å². The quantitative estimate of drug-likeness (QED) is 0.805. The number of aliphatic carboxylic acids is 1. The van der Waals surface area contributed by atoms with E-state index in [0.717, 1.165) is 38.5 Å². The molecule has 110 valence electrons. The lowest BCUT2D eigenvalue weighted by atomic mass is 10.0.